The van der Waals surface area contributed by atoms with Gasteiger partial charge in [-0.2, -0.15) is 0 Å². The molecule has 2 rings (SSSR count). The van der Waals surface area contributed by atoms with Gasteiger partial charge in [-0.25, -0.2) is 8.78 Å². The van der Waals surface area contributed by atoms with Gasteiger partial charge in [0.2, 0.25) is 0 Å². The molecule has 21 heavy (non-hydrogen) atoms. The van der Waals surface area contributed by atoms with Crippen LogP contribution in [0.3, 0.4) is 0 Å². The third-order valence-corrected chi connectivity index (χ3v) is 3.31. The van der Waals surface area contributed by atoms with Crippen LogP contribution in [0.4, 0.5) is 8.78 Å². The summed E-state index contributed by atoms with van der Waals surface area (Å²) in [5, 5.41) is 0. The number of benzene rings is 1. The van der Waals surface area contributed by atoms with Crippen LogP contribution in [-0.4, -0.2) is 24.3 Å². The van der Waals surface area contributed by atoms with Crippen LogP contribution in [-0.2, 0) is 6.54 Å². The molecule has 0 bridgehead atoms. The lowest BCUT2D eigenvalue weighted by atomic mass is 10.1. The highest BCUT2D eigenvalue weighted by atomic mass is 19.1. The average Bonchev–Trinajstić information content (AvgIpc) is 2.80. The van der Waals surface area contributed by atoms with Gasteiger partial charge in [0.05, 0.1) is 6.26 Å². The minimum Gasteiger partial charge on any atom is -0.469 e. The van der Waals surface area contributed by atoms with Crippen molar-refractivity contribution < 1.29 is 18.0 Å². The SMILES string of the molecule is Cc1occc1CN(C)CCC(=O)c1cc(F)cc(F)c1. The summed E-state index contributed by atoms with van der Waals surface area (Å²) in [6, 6.07) is 4.76. The van der Waals surface area contributed by atoms with E-state index in [0.29, 0.717) is 13.1 Å². The first kappa shape index (κ1) is 15.4. The molecule has 1 aromatic heterocycles. The number of carbonyl (C=O) groups is 1. The van der Waals surface area contributed by atoms with Gasteiger partial charge in [0.25, 0.3) is 0 Å². The summed E-state index contributed by atoms with van der Waals surface area (Å²) >= 11 is 0. The lowest BCUT2D eigenvalue weighted by molar-refractivity contribution is 0.0967. The second-order valence-corrected chi connectivity index (χ2v) is 5.07. The van der Waals surface area contributed by atoms with Crippen LogP contribution in [0.1, 0.15) is 28.1 Å². The van der Waals surface area contributed by atoms with Crippen molar-refractivity contribution in [2.24, 2.45) is 0 Å². The van der Waals surface area contributed by atoms with E-state index in [1.54, 1.807) is 6.26 Å². The lowest BCUT2D eigenvalue weighted by Gasteiger charge is -2.15. The Morgan fingerprint density at radius 1 is 1.24 bits per heavy atom. The summed E-state index contributed by atoms with van der Waals surface area (Å²) in [6.45, 7) is 3.04. The molecule has 0 atom stereocenters. The van der Waals surface area contributed by atoms with E-state index in [1.165, 1.54) is 0 Å². The largest absolute Gasteiger partial charge is 0.469 e. The van der Waals surface area contributed by atoms with E-state index in [1.807, 2.05) is 24.9 Å². The second-order valence-electron chi connectivity index (χ2n) is 5.07. The van der Waals surface area contributed by atoms with Crippen LogP contribution >= 0.6 is 0 Å². The number of hydrogen-bond donors (Lipinski definition) is 0. The van der Waals surface area contributed by atoms with Crippen molar-refractivity contribution in [1.82, 2.24) is 4.90 Å². The van der Waals surface area contributed by atoms with E-state index in [-0.39, 0.29) is 17.8 Å². The maximum Gasteiger partial charge on any atom is 0.164 e. The van der Waals surface area contributed by atoms with Crippen molar-refractivity contribution >= 4 is 5.78 Å². The van der Waals surface area contributed by atoms with Crippen LogP contribution in [0, 0.1) is 18.6 Å². The normalized spacial score (nSPS) is 11.1. The van der Waals surface area contributed by atoms with E-state index in [0.717, 1.165) is 29.5 Å². The van der Waals surface area contributed by atoms with Gasteiger partial charge in [-0.05, 0) is 32.2 Å². The van der Waals surface area contributed by atoms with Gasteiger partial charge in [-0.15, -0.1) is 0 Å². The summed E-state index contributed by atoms with van der Waals surface area (Å²) in [5.74, 6) is -0.897. The van der Waals surface area contributed by atoms with Gasteiger partial charge in [0, 0.05) is 36.7 Å². The Morgan fingerprint density at radius 3 is 2.48 bits per heavy atom. The maximum atomic E-state index is 13.1. The Kier molecular flexibility index (Phi) is 4.85. The molecule has 1 aromatic carbocycles. The lowest BCUT2D eigenvalue weighted by Crippen LogP contribution is -2.21. The minimum atomic E-state index is -0.735. The summed E-state index contributed by atoms with van der Waals surface area (Å²) < 4.78 is 31.4. The van der Waals surface area contributed by atoms with E-state index >= 15 is 0 Å². The van der Waals surface area contributed by atoms with Crippen molar-refractivity contribution in [1.29, 1.82) is 0 Å². The van der Waals surface area contributed by atoms with E-state index in [4.69, 9.17) is 4.42 Å². The average molecular weight is 293 g/mol. The first-order valence-electron chi connectivity index (χ1n) is 6.66. The summed E-state index contributed by atoms with van der Waals surface area (Å²) in [6.07, 6.45) is 1.83. The second kappa shape index (κ2) is 6.63. The van der Waals surface area contributed by atoms with Crippen molar-refractivity contribution in [3.8, 4) is 0 Å². The fourth-order valence-corrected chi connectivity index (χ4v) is 2.10. The minimum absolute atomic E-state index is 0.0698. The molecule has 0 aliphatic carbocycles. The molecule has 0 N–H and O–H groups in total. The number of ketones is 1. The number of Topliss-reactive ketones (excluding diaryl/α,β-unsaturated/α-hetero) is 1. The first-order chi connectivity index (χ1) is 9.95. The molecule has 5 heteroatoms. The van der Waals surface area contributed by atoms with E-state index in [2.05, 4.69) is 0 Å². The third kappa shape index (κ3) is 4.23. The number of halogens is 2. The van der Waals surface area contributed by atoms with Gasteiger partial charge >= 0.3 is 0 Å². The van der Waals surface area contributed by atoms with E-state index < -0.39 is 11.6 Å². The summed E-state index contributed by atoms with van der Waals surface area (Å²) in [7, 11) is 1.88. The Balaban J connectivity index is 1.90. The molecule has 0 unspecified atom stereocenters. The zero-order valence-corrected chi connectivity index (χ0v) is 12.0. The fraction of sp³-hybridized carbons (Fsp3) is 0.312. The molecule has 0 aliphatic heterocycles. The maximum absolute atomic E-state index is 13.1. The molecule has 3 nitrogen and oxygen atoms in total. The molecule has 2 aromatic rings. The topological polar surface area (TPSA) is 33.5 Å². The van der Waals surface area contributed by atoms with Crippen molar-refractivity contribution in [3.63, 3.8) is 0 Å². The Bertz CT molecular complexity index is 617. The highest BCUT2D eigenvalue weighted by Gasteiger charge is 2.11. The predicted molar refractivity (Wildman–Crippen MR) is 75.1 cm³/mol. The highest BCUT2D eigenvalue weighted by molar-refractivity contribution is 5.96. The Hall–Kier alpha value is -2.01. The van der Waals surface area contributed by atoms with Crippen LogP contribution in [0.5, 0.6) is 0 Å². The highest BCUT2D eigenvalue weighted by Crippen LogP contribution is 2.13. The quantitative estimate of drug-likeness (QED) is 0.763. The molecule has 0 saturated heterocycles. The fourth-order valence-electron chi connectivity index (χ4n) is 2.10. The van der Waals surface area contributed by atoms with Gasteiger partial charge in [-0.1, -0.05) is 0 Å². The van der Waals surface area contributed by atoms with Gasteiger partial charge in [-0.3, -0.25) is 4.79 Å². The number of rotatable bonds is 6. The molecular weight excluding hydrogens is 276 g/mol. The number of aryl methyl sites for hydroxylation is 1. The molecule has 0 fully saturated rings. The van der Waals surface area contributed by atoms with Crippen LogP contribution < -0.4 is 0 Å². The number of carbonyl (C=O) groups excluding carboxylic acids is 1. The van der Waals surface area contributed by atoms with Crippen LogP contribution in [0.25, 0.3) is 0 Å². The van der Waals surface area contributed by atoms with Gasteiger partial charge in [0.1, 0.15) is 17.4 Å². The predicted octanol–water partition coefficient (Wildman–Crippen LogP) is 3.57. The number of nitrogens with zero attached hydrogens (tertiary/aromatic N) is 1. The molecule has 0 saturated carbocycles. The molecule has 0 radical (unpaired) electrons. The summed E-state index contributed by atoms with van der Waals surface area (Å²) in [5.41, 5.74) is 1.13. The van der Waals surface area contributed by atoms with Crippen LogP contribution in [0.2, 0.25) is 0 Å². The Morgan fingerprint density at radius 2 is 1.90 bits per heavy atom. The Labute approximate surface area is 122 Å². The number of furan rings is 1. The first-order valence-corrected chi connectivity index (χ1v) is 6.66. The molecule has 0 aliphatic rings. The molecule has 0 spiro atoms. The zero-order chi connectivity index (χ0) is 15.4. The zero-order valence-electron chi connectivity index (χ0n) is 12.0. The number of hydrogen-bond acceptors (Lipinski definition) is 3. The van der Waals surface area contributed by atoms with Gasteiger partial charge in [0.15, 0.2) is 5.78 Å². The monoisotopic (exact) mass is 293 g/mol. The smallest absolute Gasteiger partial charge is 0.164 e. The molecule has 0 amide bonds. The summed E-state index contributed by atoms with van der Waals surface area (Å²) in [4.78, 5) is 13.9. The standard InChI is InChI=1S/C16H17F2NO2/c1-11-12(4-6-21-11)10-19(2)5-3-16(20)13-7-14(17)9-15(18)8-13/h4,6-9H,3,5,10H2,1-2H3. The van der Waals surface area contributed by atoms with E-state index in [9.17, 15) is 13.6 Å². The molecule has 112 valence electrons. The van der Waals surface area contributed by atoms with Crippen molar-refractivity contribution in [2.45, 2.75) is 19.9 Å². The van der Waals surface area contributed by atoms with Crippen molar-refractivity contribution in [2.75, 3.05) is 13.6 Å². The van der Waals surface area contributed by atoms with Gasteiger partial charge < -0.3 is 9.32 Å². The van der Waals surface area contributed by atoms with Crippen LogP contribution in [0.15, 0.2) is 34.9 Å². The third-order valence-electron chi connectivity index (χ3n) is 3.31. The molecular formula is C16H17F2NO2. The van der Waals surface area contributed by atoms with Crippen molar-refractivity contribution in [3.05, 3.63) is 59.1 Å². The molecule has 1 heterocycles.